The van der Waals surface area contributed by atoms with E-state index < -0.39 is 18.2 Å². The van der Waals surface area contributed by atoms with Crippen LogP contribution in [0, 0.1) is 11.6 Å². The number of aromatic nitrogens is 2. The highest BCUT2D eigenvalue weighted by Gasteiger charge is 2.08. The highest BCUT2D eigenvalue weighted by molar-refractivity contribution is 5.18. The number of alkyl halides is 2. The quantitative estimate of drug-likeness (QED) is 0.849. The Labute approximate surface area is 106 Å². The zero-order chi connectivity index (χ0) is 13.8. The third-order valence-electron chi connectivity index (χ3n) is 2.49. The predicted molar refractivity (Wildman–Crippen MR) is 60.4 cm³/mol. The Morgan fingerprint density at radius 2 is 1.95 bits per heavy atom. The summed E-state index contributed by atoms with van der Waals surface area (Å²) in [4.78, 5) is 0. The maximum atomic E-state index is 13.3. The summed E-state index contributed by atoms with van der Waals surface area (Å²) in [5, 5.41) is 6.43. The number of rotatable bonds is 5. The van der Waals surface area contributed by atoms with Gasteiger partial charge in [-0.3, -0.25) is 0 Å². The van der Waals surface area contributed by atoms with Crippen molar-refractivity contribution in [2.24, 2.45) is 0 Å². The van der Waals surface area contributed by atoms with Gasteiger partial charge in [-0.25, -0.2) is 13.5 Å². The maximum absolute atomic E-state index is 13.3. The predicted octanol–water partition coefficient (Wildman–Crippen LogP) is 2.85. The molecule has 0 aliphatic heterocycles. The van der Waals surface area contributed by atoms with Gasteiger partial charge in [-0.2, -0.15) is 13.9 Å². The molecule has 1 aromatic carbocycles. The van der Waals surface area contributed by atoms with E-state index in [0.717, 1.165) is 24.4 Å². The van der Waals surface area contributed by atoms with E-state index in [1.54, 1.807) is 0 Å². The number of hydrogen-bond acceptors (Lipinski definition) is 2. The minimum Gasteiger partial charge on any atom is -0.307 e. The molecular formula is C12H11F4N3. The van der Waals surface area contributed by atoms with Crippen LogP contribution in [0.15, 0.2) is 30.5 Å². The Balaban J connectivity index is 1.90. The largest absolute Gasteiger partial charge is 0.333 e. The van der Waals surface area contributed by atoms with Crippen molar-refractivity contribution in [1.82, 2.24) is 15.1 Å². The van der Waals surface area contributed by atoms with Crippen molar-refractivity contribution >= 4 is 0 Å². The fraction of sp³-hybridized carbons (Fsp3) is 0.250. The van der Waals surface area contributed by atoms with Gasteiger partial charge in [0.25, 0.3) is 0 Å². The van der Waals surface area contributed by atoms with Gasteiger partial charge in [0.05, 0.1) is 5.69 Å². The van der Waals surface area contributed by atoms with Crippen LogP contribution in [0.2, 0.25) is 0 Å². The van der Waals surface area contributed by atoms with Gasteiger partial charge in [0.2, 0.25) is 0 Å². The van der Waals surface area contributed by atoms with Crippen molar-refractivity contribution < 1.29 is 17.6 Å². The second-order valence-corrected chi connectivity index (χ2v) is 3.90. The van der Waals surface area contributed by atoms with Crippen molar-refractivity contribution in [3.05, 3.63) is 53.4 Å². The first-order valence-electron chi connectivity index (χ1n) is 5.53. The normalized spacial score (nSPS) is 11.2. The summed E-state index contributed by atoms with van der Waals surface area (Å²) in [7, 11) is 0. The summed E-state index contributed by atoms with van der Waals surface area (Å²) < 4.78 is 51.2. The van der Waals surface area contributed by atoms with Gasteiger partial charge in [0, 0.05) is 24.8 Å². The molecule has 0 bridgehead atoms. The molecule has 1 N–H and O–H groups in total. The zero-order valence-corrected chi connectivity index (χ0v) is 9.78. The van der Waals surface area contributed by atoms with E-state index >= 15 is 0 Å². The van der Waals surface area contributed by atoms with Crippen molar-refractivity contribution in [3.8, 4) is 0 Å². The molecule has 1 aromatic heterocycles. The van der Waals surface area contributed by atoms with Crippen LogP contribution >= 0.6 is 0 Å². The first kappa shape index (κ1) is 13.5. The highest BCUT2D eigenvalue weighted by atomic mass is 19.3. The van der Waals surface area contributed by atoms with Gasteiger partial charge in [0.15, 0.2) is 0 Å². The molecule has 3 nitrogen and oxygen atoms in total. The number of benzene rings is 1. The Hall–Kier alpha value is -1.89. The van der Waals surface area contributed by atoms with E-state index in [2.05, 4.69) is 10.4 Å². The molecule has 19 heavy (non-hydrogen) atoms. The van der Waals surface area contributed by atoms with Gasteiger partial charge in [0.1, 0.15) is 11.6 Å². The van der Waals surface area contributed by atoms with Gasteiger partial charge in [-0.05, 0) is 24.3 Å². The number of nitrogens with zero attached hydrogens (tertiary/aromatic N) is 2. The summed E-state index contributed by atoms with van der Waals surface area (Å²) in [6.07, 6.45) is 1.16. The summed E-state index contributed by atoms with van der Waals surface area (Å²) >= 11 is 0. The smallest absolute Gasteiger partial charge is 0.307 e. The van der Waals surface area contributed by atoms with Crippen LogP contribution in [0.25, 0.3) is 0 Å². The molecule has 2 rings (SSSR count). The fourth-order valence-electron chi connectivity index (χ4n) is 1.58. The second kappa shape index (κ2) is 5.83. The lowest BCUT2D eigenvalue weighted by Gasteiger charge is -2.04. The number of nitrogens with one attached hydrogen (secondary N) is 1. The van der Waals surface area contributed by atoms with Crippen LogP contribution in [0.3, 0.4) is 0 Å². The minimum atomic E-state index is -2.69. The maximum Gasteiger partial charge on any atom is 0.333 e. The van der Waals surface area contributed by atoms with E-state index in [-0.39, 0.29) is 18.7 Å². The monoisotopic (exact) mass is 273 g/mol. The molecule has 0 spiro atoms. The minimum absolute atomic E-state index is 0.0884. The van der Waals surface area contributed by atoms with E-state index in [1.807, 2.05) is 0 Å². The summed E-state index contributed by atoms with van der Waals surface area (Å²) in [5.74, 6) is -1.05. The molecule has 0 unspecified atom stereocenters. The third-order valence-corrected chi connectivity index (χ3v) is 2.49. The number of hydrogen-bond donors (Lipinski definition) is 1. The topological polar surface area (TPSA) is 29.9 Å². The van der Waals surface area contributed by atoms with Crippen LogP contribution in [0.5, 0.6) is 0 Å². The van der Waals surface area contributed by atoms with E-state index in [4.69, 9.17) is 0 Å². The average molecular weight is 273 g/mol. The molecule has 0 aliphatic carbocycles. The van der Waals surface area contributed by atoms with Crippen molar-refractivity contribution in [2.75, 3.05) is 0 Å². The van der Waals surface area contributed by atoms with Crippen LogP contribution in [0.4, 0.5) is 17.6 Å². The van der Waals surface area contributed by atoms with Crippen molar-refractivity contribution in [2.45, 2.75) is 19.6 Å². The van der Waals surface area contributed by atoms with Gasteiger partial charge in [-0.1, -0.05) is 0 Å². The molecule has 102 valence electrons. The van der Waals surface area contributed by atoms with E-state index in [0.29, 0.717) is 10.4 Å². The lowest BCUT2D eigenvalue weighted by Crippen LogP contribution is -2.14. The van der Waals surface area contributed by atoms with Gasteiger partial charge >= 0.3 is 6.55 Å². The lowest BCUT2D eigenvalue weighted by atomic mass is 10.2. The van der Waals surface area contributed by atoms with Crippen molar-refractivity contribution in [3.63, 3.8) is 0 Å². The molecule has 2 aromatic rings. The van der Waals surface area contributed by atoms with Crippen LogP contribution in [0.1, 0.15) is 17.8 Å². The summed E-state index contributed by atoms with van der Waals surface area (Å²) in [5.41, 5.74) is 0.574. The molecule has 0 radical (unpaired) electrons. The molecule has 0 aliphatic rings. The SMILES string of the molecule is Fc1ccc(F)c(CNCc2ccn(C(F)F)n2)c1. The molecule has 7 heteroatoms. The number of halogens is 4. The molecule has 0 saturated heterocycles. The van der Waals surface area contributed by atoms with Crippen LogP contribution in [-0.4, -0.2) is 9.78 Å². The summed E-state index contributed by atoms with van der Waals surface area (Å²) in [6, 6.07) is 4.59. The fourth-order valence-corrected chi connectivity index (χ4v) is 1.58. The average Bonchev–Trinajstić information content (AvgIpc) is 2.82. The molecule has 0 amide bonds. The molecule has 0 atom stereocenters. The molecule has 1 heterocycles. The standard InChI is InChI=1S/C12H11F4N3/c13-9-1-2-11(14)8(5-9)6-17-7-10-3-4-19(18-10)12(15)16/h1-5,12,17H,6-7H2. The van der Waals surface area contributed by atoms with E-state index in [1.165, 1.54) is 6.07 Å². The molecule has 0 saturated carbocycles. The van der Waals surface area contributed by atoms with E-state index in [9.17, 15) is 17.6 Å². The van der Waals surface area contributed by atoms with Gasteiger partial charge in [-0.15, -0.1) is 0 Å². The Morgan fingerprint density at radius 3 is 2.63 bits per heavy atom. The lowest BCUT2D eigenvalue weighted by molar-refractivity contribution is 0.0561. The zero-order valence-electron chi connectivity index (χ0n) is 9.78. The third kappa shape index (κ3) is 3.54. The Kier molecular flexibility index (Phi) is 4.16. The van der Waals surface area contributed by atoms with Gasteiger partial charge < -0.3 is 5.32 Å². The molecule has 0 fully saturated rings. The highest BCUT2D eigenvalue weighted by Crippen LogP contribution is 2.10. The summed E-state index contributed by atoms with van der Waals surface area (Å²) in [6.45, 7) is -2.41. The first-order chi connectivity index (χ1) is 9.06. The Morgan fingerprint density at radius 1 is 1.16 bits per heavy atom. The first-order valence-corrected chi connectivity index (χ1v) is 5.53. The molecular weight excluding hydrogens is 262 g/mol. The second-order valence-electron chi connectivity index (χ2n) is 3.90. The van der Waals surface area contributed by atoms with Crippen LogP contribution in [-0.2, 0) is 13.1 Å². The Bertz CT molecular complexity index is 554. The van der Waals surface area contributed by atoms with Crippen LogP contribution < -0.4 is 5.32 Å². The van der Waals surface area contributed by atoms with Crippen molar-refractivity contribution in [1.29, 1.82) is 0 Å².